The van der Waals surface area contributed by atoms with Crippen LogP contribution in [0.25, 0.3) is 0 Å². The van der Waals surface area contributed by atoms with Crippen LogP contribution >= 0.6 is 0 Å². The number of nitrogens with two attached hydrogens (primary N) is 1. The summed E-state index contributed by atoms with van der Waals surface area (Å²) in [5, 5.41) is 0. The predicted octanol–water partition coefficient (Wildman–Crippen LogP) is 2.99. The van der Waals surface area contributed by atoms with E-state index in [0.717, 1.165) is 25.7 Å². The minimum atomic E-state index is -0.647. The highest BCUT2D eigenvalue weighted by atomic mass is 19.1. The quantitative estimate of drug-likeness (QED) is 0.726. The van der Waals surface area contributed by atoms with Crippen LogP contribution in [0, 0.1) is 11.6 Å². The van der Waals surface area contributed by atoms with E-state index in [2.05, 4.69) is 0 Å². The Morgan fingerprint density at radius 3 is 2.28 bits per heavy atom. The number of rotatable bonds is 8. The van der Waals surface area contributed by atoms with E-state index < -0.39 is 11.6 Å². The monoisotopic (exact) mass is 255 g/mol. The lowest BCUT2D eigenvalue weighted by Gasteiger charge is -2.04. The van der Waals surface area contributed by atoms with Gasteiger partial charge in [-0.1, -0.05) is 18.9 Å². The molecule has 4 heteroatoms. The standard InChI is InChI=1S/C14H19F2NO/c15-13-7-5-8-14(16)12(13)10-11(18)6-3-1-2-4-9-17/h5,7-8H,1-4,6,9-10,17H2. The summed E-state index contributed by atoms with van der Waals surface area (Å²) in [6, 6.07) is 3.64. The number of hydrogen-bond donors (Lipinski definition) is 1. The lowest BCUT2D eigenvalue weighted by atomic mass is 10.0. The van der Waals surface area contributed by atoms with Crippen molar-refractivity contribution in [1.82, 2.24) is 0 Å². The second-order valence-electron chi connectivity index (χ2n) is 4.37. The molecule has 0 aliphatic heterocycles. The zero-order valence-corrected chi connectivity index (χ0v) is 10.4. The van der Waals surface area contributed by atoms with Gasteiger partial charge in [0, 0.05) is 18.4 Å². The number of benzene rings is 1. The largest absolute Gasteiger partial charge is 0.330 e. The molecule has 2 N–H and O–H groups in total. The molecule has 0 amide bonds. The number of halogens is 2. The van der Waals surface area contributed by atoms with Crippen LogP contribution in [0.5, 0.6) is 0 Å². The van der Waals surface area contributed by atoms with E-state index in [1.807, 2.05) is 0 Å². The van der Waals surface area contributed by atoms with E-state index in [1.54, 1.807) is 0 Å². The molecule has 0 heterocycles. The maximum atomic E-state index is 13.3. The summed E-state index contributed by atoms with van der Waals surface area (Å²) in [6.45, 7) is 0.661. The Labute approximate surface area is 106 Å². The van der Waals surface area contributed by atoms with Crippen LogP contribution < -0.4 is 5.73 Å². The average Bonchev–Trinajstić information content (AvgIpc) is 2.34. The molecule has 0 spiro atoms. The van der Waals surface area contributed by atoms with Gasteiger partial charge >= 0.3 is 0 Å². The number of ketones is 1. The first-order valence-electron chi connectivity index (χ1n) is 6.30. The summed E-state index contributed by atoms with van der Waals surface area (Å²) in [5.41, 5.74) is 5.23. The first-order valence-corrected chi connectivity index (χ1v) is 6.30. The van der Waals surface area contributed by atoms with Crippen molar-refractivity contribution in [2.75, 3.05) is 6.54 Å². The van der Waals surface area contributed by atoms with E-state index in [9.17, 15) is 13.6 Å². The molecule has 1 rings (SSSR count). The molecule has 1 aromatic carbocycles. The van der Waals surface area contributed by atoms with E-state index in [-0.39, 0.29) is 17.8 Å². The molecule has 2 nitrogen and oxygen atoms in total. The van der Waals surface area contributed by atoms with Crippen LogP contribution in [0.2, 0.25) is 0 Å². The Balaban J connectivity index is 2.36. The number of unbranched alkanes of at least 4 members (excludes halogenated alkanes) is 3. The van der Waals surface area contributed by atoms with Crippen molar-refractivity contribution in [2.24, 2.45) is 5.73 Å². The zero-order chi connectivity index (χ0) is 13.4. The predicted molar refractivity (Wildman–Crippen MR) is 67.2 cm³/mol. The van der Waals surface area contributed by atoms with E-state index in [4.69, 9.17) is 5.73 Å². The Kier molecular flexibility index (Phi) is 6.50. The number of hydrogen-bond acceptors (Lipinski definition) is 2. The highest BCUT2D eigenvalue weighted by Gasteiger charge is 2.12. The average molecular weight is 255 g/mol. The van der Waals surface area contributed by atoms with Gasteiger partial charge in [0.1, 0.15) is 17.4 Å². The van der Waals surface area contributed by atoms with Crippen LogP contribution in [-0.2, 0) is 11.2 Å². The highest BCUT2D eigenvalue weighted by molar-refractivity contribution is 5.80. The molecule has 1 aromatic rings. The van der Waals surface area contributed by atoms with Gasteiger partial charge in [-0.3, -0.25) is 4.79 Å². The number of Topliss-reactive ketones (excluding diaryl/α,β-unsaturated/α-hetero) is 1. The third-order valence-electron chi connectivity index (χ3n) is 2.85. The van der Waals surface area contributed by atoms with Gasteiger partial charge in [0.2, 0.25) is 0 Å². The van der Waals surface area contributed by atoms with Crippen molar-refractivity contribution < 1.29 is 13.6 Å². The van der Waals surface area contributed by atoms with Crippen molar-refractivity contribution in [3.05, 3.63) is 35.4 Å². The van der Waals surface area contributed by atoms with Crippen LogP contribution in [0.1, 0.15) is 37.7 Å². The third kappa shape index (κ3) is 4.92. The van der Waals surface area contributed by atoms with Crippen molar-refractivity contribution in [3.8, 4) is 0 Å². The summed E-state index contributed by atoms with van der Waals surface area (Å²) in [7, 11) is 0. The molecule has 0 bridgehead atoms. The first-order chi connectivity index (χ1) is 8.65. The fourth-order valence-corrected chi connectivity index (χ4v) is 1.81. The molecule has 18 heavy (non-hydrogen) atoms. The molecule has 0 aliphatic rings. The van der Waals surface area contributed by atoms with Gasteiger partial charge in [-0.25, -0.2) is 8.78 Å². The normalized spacial score (nSPS) is 10.6. The molecule has 0 saturated carbocycles. The van der Waals surface area contributed by atoms with Gasteiger partial charge in [0.05, 0.1) is 0 Å². The topological polar surface area (TPSA) is 43.1 Å². The second kappa shape index (κ2) is 7.93. The van der Waals surface area contributed by atoms with Gasteiger partial charge in [-0.15, -0.1) is 0 Å². The minimum absolute atomic E-state index is 0.119. The van der Waals surface area contributed by atoms with Crippen molar-refractivity contribution in [2.45, 2.75) is 38.5 Å². The lowest BCUT2D eigenvalue weighted by molar-refractivity contribution is -0.118. The summed E-state index contributed by atoms with van der Waals surface area (Å²) in [6.07, 6.45) is 3.86. The molecular formula is C14H19F2NO. The number of carbonyl (C=O) groups excluding carboxylic acids is 1. The van der Waals surface area contributed by atoms with E-state index in [0.29, 0.717) is 13.0 Å². The molecule has 0 saturated heterocycles. The fraction of sp³-hybridized carbons (Fsp3) is 0.500. The number of carbonyl (C=O) groups is 1. The van der Waals surface area contributed by atoms with Crippen molar-refractivity contribution >= 4 is 5.78 Å². The Bertz CT molecular complexity index is 373. The van der Waals surface area contributed by atoms with Gasteiger partial charge in [0.15, 0.2) is 0 Å². The minimum Gasteiger partial charge on any atom is -0.330 e. The summed E-state index contributed by atoms with van der Waals surface area (Å²) in [5.74, 6) is -1.41. The van der Waals surface area contributed by atoms with Crippen LogP contribution in [0.15, 0.2) is 18.2 Å². The maximum Gasteiger partial charge on any atom is 0.137 e. The Morgan fingerprint density at radius 2 is 1.67 bits per heavy atom. The Morgan fingerprint density at radius 1 is 1.06 bits per heavy atom. The second-order valence-corrected chi connectivity index (χ2v) is 4.37. The van der Waals surface area contributed by atoms with Crippen molar-refractivity contribution in [1.29, 1.82) is 0 Å². The fourth-order valence-electron chi connectivity index (χ4n) is 1.81. The van der Waals surface area contributed by atoms with E-state index in [1.165, 1.54) is 18.2 Å². The molecule has 0 atom stereocenters. The molecule has 0 unspecified atom stereocenters. The van der Waals surface area contributed by atoms with Gasteiger partial charge in [0.25, 0.3) is 0 Å². The van der Waals surface area contributed by atoms with Crippen molar-refractivity contribution in [3.63, 3.8) is 0 Å². The molecule has 0 aliphatic carbocycles. The molecule has 100 valence electrons. The third-order valence-corrected chi connectivity index (χ3v) is 2.85. The van der Waals surface area contributed by atoms with Crippen LogP contribution in [-0.4, -0.2) is 12.3 Å². The molecule has 0 fully saturated rings. The smallest absolute Gasteiger partial charge is 0.137 e. The zero-order valence-electron chi connectivity index (χ0n) is 10.4. The summed E-state index contributed by atoms with van der Waals surface area (Å²) in [4.78, 5) is 11.6. The molecule has 0 radical (unpaired) electrons. The maximum absolute atomic E-state index is 13.3. The van der Waals surface area contributed by atoms with Crippen LogP contribution in [0.3, 0.4) is 0 Å². The molecular weight excluding hydrogens is 236 g/mol. The van der Waals surface area contributed by atoms with Crippen LogP contribution in [0.4, 0.5) is 8.78 Å². The van der Waals surface area contributed by atoms with E-state index >= 15 is 0 Å². The Hall–Kier alpha value is -1.29. The van der Waals surface area contributed by atoms with Gasteiger partial charge in [-0.2, -0.15) is 0 Å². The lowest BCUT2D eigenvalue weighted by Crippen LogP contribution is -2.06. The molecule has 0 aromatic heterocycles. The summed E-state index contributed by atoms with van der Waals surface area (Å²) < 4.78 is 26.6. The van der Waals surface area contributed by atoms with Gasteiger partial charge in [-0.05, 0) is 31.5 Å². The van der Waals surface area contributed by atoms with Gasteiger partial charge < -0.3 is 5.73 Å². The highest BCUT2D eigenvalue weighted by Crippen LogP contribution is 2.14. The first kappa shape index (κ1) is 14.8. The SMILES string of the molecule is NCCCCCCC(=O)Cc1c(F)cccc1F. The summed E-state index contributed by atoms with van der Waals surface area (Å²) >= 11 is 0.